The maximum absolute atomic E-state index is 15.4. The molecule has 0 unspecified atom stereocenters. The fourth-order valence-electron chi connectivity index (χ4n) is 3.87. The maximum atomic E-state index is 15.4. The van der Waals surface area contributed by atoms with Crippen molar-refractivity contribution in [2.75, 3.05) is 31.2 Å². The molecule has 2 aliphatic heterocycles. The number of ether oxygens (including phenoxy) is 1. The highest BCUT2D eigenvalue weighted by molar-refractivity contribution is 6.21. The van der Waals surface area contributed by atoms with Crippen molar-refractivity contribution in [3.63, 3.8) is 0 Å². The second-order valence-corrected chi connectivity index (χ2v) is 7.36. The van der Waals surface area contributed by atoms with Crippen LogP contribution in [0.15, 0.2) is 54.7 Å². The van der Waals surface area contributed by atoms with E-state index in [1.165, 1.54) is 0 Å². The van der Waals surface area contributed by atoms with E-state index in [2.05, 4.69) is 9.97 Å². The van der Waals surface area contributed by atoms with E-state index in [0.29, 0.717) is 54.6 Å². The van der Waals surface area contributed by atoms with Crippen LogP contribution in [0.1, 0.15) is 26.3 Å². The minimum Gasteiger partial charge on any atom is -0.378 e. The van der Waals surface area contributed by atoms with Gasteiger partial charge in [0.1, 0.15) is 5.82 Å². The third kappa shape index (κ3) is 3.44. The molecule has 0 atom stereocenters. The number of hydrogen-bond acceptors (Lipinski definition) is 6. The standard InChI is InChI=1S/C23H19FN4O3/c24-20-15(14-28-21(29)16-5-1-2-6-17(16)22(28)30)4-3-7-18(20)19-8-9-25-23(26-19)27-10-12-31-13-11-27/h1-9H,10-14H2. The van der Waals surface area contributed by atoms with E-state index in [1.807, 2.05) is 4.90 Å². The van der Waals surface area contributed by atoms with Crippen molar-refractivity contribution < 1.29 is 18.7 Å². The van der Waals surface area contributed by atoms with Crippen molar-refractivity contribution in [1.29, 1.82) is 0 Å². The fourth-order valence-corrected chi connectivity index (χ4v) is 3.87. The van der Waals surface area contributed by atoms with Gasteiger partial charge in [-0.1, -0.05) is 24.3 Å². The second kappa shape index (κ2) is 7.88. The van der Waals surface area contributed by atoms with Crippen LogP contribution in [0.3, 0.4) is 0 Å². The Labute approximate surface area is 178 Å². The Morgan fingerprint density at radius 1 is 0.903 bits per heavy atom. The molecule has 0 bridgehead atoms. The van der Waals surface area contributed by atoms with Crippen molar-refractivity contribution >= 4 is 17.8 Å². The van der Waals surface area contributed by atoms with Crippen LogP contribution in [0.5, 0.6) is 0 Å². The molecule has 1 aromatic heterocycles. The van der Waals surface area contributed by atoms with Gasteiger partial charge in [-0.2, -0.15) is 0 Å². The molecule has 0 saturated carbocycles. The molecule has 1 saturated heterocycles. The van der Waals surface area contributed by atoms with Gasteiger partial charge in [0.2, 0.25) is 5.95 Å². The molecule has 0 aliphatic carbocycles. The van der Waals surface area contributed by atoms with Crippen LogP contribution in [0, 0.1) is 5.82 Å². The molecule has 5 rings (SSSR count). The third-order valence-electron chi connectivity index (χ3n) is 5.50. The smallest absolute Gasteiger partial charge is 0.261 e. The van der Waals surface area contributed by atoms with Crippen LogP contribution in [-0.2, 0) is 11.3 Å². The van der Waals surface area contributed by atoms with Gasteiger partial charge < -0.3 is 9.64 Å². The van der Waals surface area contributed by atoms with Gasteiger partial charge in [0.15, 0.2) is 0 Å². The number of rotatable bonds is 4. The van der Waals surface area contributed by atoms with Crippen molar-refractivity contribution in [3.8, 4) is 11.3 Å². The summed E-state index contributed by atoms with van der Waals surface area (Å²) in [6.45, 7) is 2.39. The fraction of sp³-hybridized carbons (Fsp3) is 0.217. The number of carbonyl (C=O) groups excluding carboxylic acids is 2. The van der Waals surface area contributed by atoms with Gasteiger partial charge in [0.25, 0.3) is 11.8 Å². The maximum Gasteiger partial charge on any atom is 0.261 e. The van der Waals surface area contributed by atoms with Gasteiger partial charge in [-0.15, -0.1) is 0 Å². The summed E-state index contributed by atoms with van der Waals surface area (Å²) in [6, 6.07) is 13.2. The van der Waals surface area contributed by atoms with Gasteiger partial charge in [0.05, 0.1) is 36.6 Å². The molecular formula is C23H19FN4O3. The molecule has 0 N–H and O–H groups in total. The molecule has 3 heterocycles. The number of imide groups is 1. The molecule has 7 nitrogen and oxygen atoms in total. The normalized spacial score (nSPS) is 16.0. The first kappa shape index (κ1) is 19.3. The molecule has 3 aromatic rings. The predicted molar refractivity (Wildman–Crippen MR) is 111 cm³/mol. The van der Waals surface area contributed by atoms with Crippen LogP contribution in [0.2, 0.25) is 0 Å². The number of nitrogens with zero attached hydrogens (tertiary/aromatic N) is 4. The van der Waals surface area contributed by atoms with Gasteiger partial charge in [0, 0.05) is 30.4 Å². The Bertz CT molecular complexity index is 1140. The van der Waals surface area contributed by atoms with Crippen LogP contribution < -0.4 is 4.90 Å². The first-order valence-electron chi connectivity index (χ1n) is 10.0. The third-order valence-corrected chi connectivity index (χ3v) is 5.50. The summed E-state index contributed by atoms with van der Waals surface area (Å²) in [7, 11) is 0. The number of fused-ring (bicyclic) bond motifs is 1. The lowest BCUT2D eigenvalue weighted by atomic mass is 10.1. The van der Waals surface area contributed by atoms with Crippen LogP contribution in [0.4, 0.5) is 10.3 Å². The molecule has 2 aliphatic rings. The Morgan fingerprint density at radius 2 is 1.58 bits per heavy atom. The Balaban J connectivity index is 1.44. The van der Waals surface area contributed by atoms with Gasteiger partial charge >= 0.3 is 0 Å². The molecule has 156 valence electrons. The zero-order valence-electron chi connectivity index (χ0n) is 16.6. The molecule has 8 heteroatoms. The topological polar surface area (TPSA) is 75.6 Å². The summed E-state index contributed by atoms with van der Waals surface area (Å²) in [5.74, 6) is -0.819. The number of aromatic nitrogens is 2. The zero-order valence-corrected chi connectivity index (χ0v) is 16.6. The lowest BCUT2D eigenvalue weighted by Crippen LogP contribution is -2.37. The second-order valence-electron chi connectivity index (χ2n) is 7.36. The van der Waals surface area contributed by atoms with Crippen LogP contribution in [0.25, 0.3) is 11.3 Å². The highest BCUT2D eigenvalue weighted by Gasteiger charge is 2.35. The summed E-state index contributed by atoms with van der Waals surface area (Å²) in [6.07, 6.45) is 1.60. The Kier molecular flexibility index (Phi) is 4.91. The Hall–Kier alpha value is -3.65. The number of halogens is 1. The number of carbonyl (C=O) groups is 2. The first-order chi connectivity index (χ1) is 15.1. The monoisotopic (exact) mass is 418 g/mol. The van der Waals surface area contributed by atoms with Crippen molar-refractivity contribution in [1.82, 2.24) is 14.9 Å². The van der Waals surface area contributed by atoms with E-state index < -0.39 is 17.6 Å². The Morgan fingerprint density at radius 3 is 2.29 bits per heavy atom. The van der Waals surface area contributed by atoms with Crippen molar-refractivity contribution in [3.05, 3.63) is 77.2 Å². The number of morpholine rings is 1. The molecule has 2 amide bonds. The van der Waals surface area contributed by atoms with E-state index in [9.17, 15) is 9.59 Å². The number of benzene rings is 2. The van der Waals surface area contributed by atoms with Gasteiger partial charge in [-0.05, 0) is 24.3 Å². The lowest BCUT2D eigenvalue weighted by molar-refractivity contribution is 0.0641. The number of anilines is 1. The van der Waals surface area contributed by atoms with E-state index in [-0.39, 0.29) is 12.1 Å². The quantitative estimate of drug-likeness (QED) is 0.607. The molecule has 0 spiro atoms. The SMILES string of the molecule is O=C1c2ccccc2C(=O)N1Cc1cccc(-c2ccnc(N3CCOCC3)n2)c1F. The van der Waals surface area contributed by atoms with Gasteiger partial charge in [-0.3, -0.25) is 14.5 Å². The molecule has 0 radical (unpaired) electrons. The summed E-state index contributed by atoms with van der Waals surface area (Å²) in [5.41, 5.74) is 1.67. The highest BCUT2D eigenvalue weighted by atomic mass is 19.1. The highest BCUT2D eigenvalue weighted by Crippen LogP contribution is 2.28. The van der Waals surface area contributed by atoms with Crippen LogP contribution >= 0.6 is 0 Å². The summed E-state index contributed by atoms with van der Waals surface area (Å²) in [4.78, 5) is 37.2. The summed E-state index contributed by atoms with van der Waals surface area (Å²) >= 11 is 0. The molecule has 31 heavy (non-hydrogen) atoms. The van der Waals surface area contributed by atoms with E-state index >= 15 is 4.39 Å². The largest absolute Gasteiger partial charge is 0.378 e. The van der Waals surface area contributed by atoms with Crippen LogP contribution in [-0.4, -0.2) is 53.0 Å². The lowest BCUT2D eigenvalue weighted by Gasteiger charge is -2.26. The molecule has 1 fully saturated rings. The van der Waals surface area contributed by atoms with Crippen molar-refractivity contribution in [2.24, 2.45) is 0 Å². The minimum atomic E-state index is -0.509. The van der Waals surface area contributed by atoms with Crippen molar-refractivity contribution in [2.45, 2.75) is 6.54 Å². The predicted octanol–water partition coefficient (Wildman–Crippen LogP) is 2.92. The first-order valence-corrected chi connectivity index (χ1v) is 10.0. The molecule has 2 aromatic carbocycles. The average Bonchev–Trinajstić information content (AvgIpc) is 3.06. The van der Waals surface area contributed by atoms with E-state index in [0.717, 1.165) is 4.90 Å². The summed E-state index contributed by atoms with van der Waals surface area (Å²) < 4.78 is 20.8. The van der Waals surface area contributed by atoms with E-state index in [1.54, 1.807) is 54.7 Å². The summed E-state index contributed by atoms with van der Waals surface area (Å²) in [5, 5.41) is 0. The van der Waals surface area contributed by atoms with Gasteiger partial charge in [-0.25, -0.2) is 14.4 Å². The number of hydrogen-bond donors (Lipinski definition) is 0. The van der Waals surface area contributed by atoms with E-state index in [4.69, 9.17) is 4.74 Å². The zero-order chi connectivity index (χ0) is 21.4. The average molecular weight is 418 g/mol. The molecular weight excluding hydrogens is 399 g/mol. The number of amides is 2. The minimum absolute atomic E-state index is 0.145.